The van der Waals surface area contributed by atoms with Gasteiger partial charge in [0.1, 0.15) is 5.67 Å². The van der Waals surface area contributed by atoms with Crippen molar-refractivity contribution in [2.75, 3.05) is 0 Å². The Bertz CT molecular complexity index is 318. The van der Waals surface area contributed by atoms with Crippen molar-refractivity contribution in [3.63, 3.8) is 0 Å². The van der Waals surface area contributed by atoms with Crippen molar-refractivity contribution in [2.45, 2.75) is 19.0 Å². The maximum atomic E-state index is 13.5. The van der Waals surface area contributed by atoms with E-state index in [1.165, 1.54) is 0 Å². The Morgan fingerprint density at radius 2 is 2.14 bits per heavy atom. The fourth-order valence-electron chi connectivity index (χ4n) is 1.29. The number of aliphatic carboxylic acids is 1. The monoisotopic (exact) mass is 206 g/mol. The van der Waals surface area contributed by atoms with Crippen LogP contribution in [0.3, 0.4) is 0 Å². The molecule has 0 heterocycles. The third-order valence-electron chi connectivity index (χ3n) is 2.10. The second kappa shape index (κ2) is 3.48. The number of allylic oxidation sites excluding steroid dienone is 4. The molecule has 0 saturated heterocycles. The molecule has 0 aromatic rings. The Morgan fingerprint density at radius 1 is 1.57 bits per heavy atom. The molecule has 1 rings (SSSR count). The first-order chi connectivity index (χ1) is 6.33. The van der Waals surface area contributed by atoms with E-state index >= 15 is 0 Å². The average Bonchev–Trinajstić information content (AvgIpc) is 1.98. The van der Waals surface area contributed by atoms with Gasteiger partial charge in [0, 0.05) is 5.92 Å². The van der Waals surface area contributed by atoms with Gasteiger partial charge in [-0.1, -0.05) is 0 Å². The van der Waals surface area contributed by atoms with Crippen LogP contribution in [0.4, 0.5) is 13.2 Å². The lowest BCUT2D eigenvalue weighted by atomic mass is 9.84. The molecule has 0 spiro atoms. The molecule has 0 aliphatic heterocycles. The van der Waals surface area contributed by atoms with Crippen LogP contribution < -0.4 is 0 Å². The highest BCUT2D eigenvalue weighted by molar-refractivity contribution is 5.68. The number of carboxylic acid groups (broad SMARTS) is 1. The highest BCUT2D eigenvalue weighted by Crippen LogP contribution is 2.36. The van der Waals surface area contributed by atoms with E-state index in [1.54, 1.807) is 0 Å². The number of hydrogen-bond donors (Lipinski definition) is 1. The van der Waals surface area contributed by atoms with Crippen molar-refractivity contribution >= 4 is 5.97 Å². The largest absolute Gasteiger partial charge is 0.481 e. The first-order valence-electron chi connectivity index (χ1n) is 3.99. The number of carboxylic acids is 1. The van der Waals surface area contributed by atoms with Crippen LogP contribution in [0.5, 0.6) is 0 Å². The predicted octanol–water partition coefficient (Wildman–Crippen LogP) is 2.53. The van der Waals surface area contributed by atoms with Crippen LogP contribution in [0.25, 0.3) is 0 Å². The summed E-state index contributed by atoms with van der Waals surface area (Å²) in [5.41, 5.74) is -2.15. The molecule has 1 aliphatic carbocycles. The molecule has 78 valence electrons. The second-order valence-electron chi connectivity index (χ2n) is 3.36. The van der Waals surface area contributed by atoms with Crippen LogP contribution in [0.15, 0.2) is 23.8 Å². The van der Waals surface area contributed by atoms with Gasteiger partial charge in [0.25, 0.3) is 0 Å². The Kier molecular flexibility index (Phi) is 2.69. The zero-order valence-electron chi connectivity index (χ0n) is 7.43. The SMILES string of the molecule is CC1(F)C=C(F)C(F)=CC1CC(=O)O. The number of hydrogen-bond acceptors (Lipinski definition) is 1. The van der Waals surface area contributed by atoms with Crippen molar-refractivity contribution in [2.24, 2.45) is 5.92 Å². The molecule has 5 heteroatoms. The summed E-state index contributed by atoms with van der Waals surface area (Å²) in [5.74, 6) is -4.90. The van der Waals surface area contributed by atoms with E-state index in [1.807, 2.05) is 0 Å². The summed E-state index contributed by atoms with van der Waals surface area (Å²) in [7, 11) is 0. The van der Waals surface area contributed by atoms with E-state index in [0.29, 0.717) is 12.2 Å². The lowest BCUT2D eigenvalue weighted by Gasteiger charge is -2.26. The number of alkyl halides is 1. The topological polar surface area (TPSA) is 37.3 Å². The molecular formula is C9H9F3O2. The zero-order chi connectivity index (χ0) is 10.9. The summed E-state index contributed by atoms with van der Waals surface area (Å²) in [6.45, 7) is 1.02. The molecule has 2 atom stereocenters. The predicted molar refractivity (Wildman–Crippen MR) is 43.6 cm³/mol. The van der Waals surface area contributed by atoms with Gasteiger partial charge < -0.3 is 5.11 Å². The molecule has 2 nitrogen and oxygen atoms in total. The minimum absolute atomic E-state index is 0.468. The molecule has 14 heavy (non-hydrogen) atoms. The van der Waals surface area contributed by atoms with E-state index in [4.69, 9.17) is 5.11 Å². The van der Waals surface area contributed by atoms with Crippen LogP contribution in [0, 0.1) is 5.92 Å². The summed E-state index contributed by atoms with van der Waals surface area (Å²) in [5, 5.41) is 8.42. The van der Waals surface area contributed by atoms with Crippen molar-refractivity contribution < 1.29 is 23.1 Å². The summed E-state index contributed by atoms with van der Waals surface area (Å²) in [6, 6.07) is 0. The van der Waals surface area contributed by atoms with Crippen LogP contribution in [0.2, 0.25) is 0 Å². The van der Waals surface area contributed by atoms with Gasteiger partial charge in [0.05, 0.1) is 6.42 Å². The number of rotatable bonds is 2. The fraction of sp³-hybridized carbons (Fsp3) is 0.444. The second-order valence-corrected chi connectivity index (χ2v) is 3.36. The minimum Gasteiger partial charge on any atom is -0.481 e. The van der Waals surface area contributed by atoms with Gasteiger partial charge in [-0.2, -0.15) is 0 Å². The molecule has 0 aromatic heterocycles. The minimum atomic E-state index is -2.15. The van der Waals surface area contributed by atoms with E-state index in [-0.39, 0.29) is 0 Å². The van der Waals surface area contributed by atoms with Gasteiger partial charge in [-0.05, 0) is 19.1 Å². The fourth-order valence-corrected chi connectivity index (χ4v) is 1.29. The van der Waals surface area contributed by atoms with E-state index in [0.717, 1.165) is 6.92 Å². The molecule has 1 N–H and O–H groups in total. The Balaban J connectivity index is 2.92. The lowest BCUT2D eigenvalue weighted by Crippen LogP contribution is -2.30. The smallest absolute Gasteiger partial charge is 0.304 e. The van der Waals surface area contributed by atoms with Crippen molar-refractivity contribution in [3.8, 4) is 0 Å². The summed E-state index contributed by atoms with van der Waals surface area (Å²) >= 11 is 0. The molecule has 0 aromatic carbocycles. The molecule has 0 saturated carbocycles. The Hall–Kier alpha value is -1.26. The first kappa shape index (κ1) is 10.8. The third kappa shape index (κ3) is 2.16. The molecule has 1 aliphatic rings. The van der Waals surface area contributed by atoms with Gasteiger partial charge in [0.15, 0.2) is 11.7 Å². The van der Waals surface area contributed by atoms with Crippen LogP contribution in [-0.2, 0) is 4.79 Å². The highest BCUT2D eigenvalue weighted by Gasteiger charge is 2.37. The van der Waals surface area contributed by atoms with Crippen molar-refractivity contribution in [1.29, 1.82) is 0 Å². The van der Waals surface area contributed by atoms with Gasteiger partial charge >= 0.3 is 5.97 Å². The van der Waals surface area contributed by atoms with Crippen molar-refractivity contribution in [3.05, 3.63) is 23.8 Å². The number of halogens is 3. The number of carbonyl (C=O) groups is 1. The van der Waals surface area contributed by atoms with Gasteiger partial charge in [0.2, 0.25) is 0 Å². The van der Waals surface area contributed by atoms with Crippen LogP contribution in [0.1, 0.15) is 13.3 Å². The molecular weight excluding hydrogens is 197 g/mol. The first-order valence-corrected chi connectivity index (χ1v) is 3.99. The van der Waals surface area contributed by atoms with Gasteiger partial charge in [-0.3, -0.25) is 4.79 Å². The summed E-state index contributed by atoms with van der Waals surface area (Å²) < 4.78 is 38.8. The Labute approximate surface area is 78.7 Å². The highest BCUT2D eigenvalue weighted by atomic mass is 19.2. The quantitative estimate of drug-likeness (QED) is 0.753. The van der Waals surface area contributed by atoms with Crippen molar-refractivity contribution in [1.82, 2.24) is 0 Å². The average molecular weight is 206 g/mol. The zero-order valence-corrected chi connectivity index (χ0v) is 7.43. The molecule has 0 radical (unpaired) electrons. The maximum absolute atomic E-state index is 13.5. The van der Waals surface area contributed by atoms with Gasteiger partial charge in [-0.15, -0.1) is 0 Å². The normalized spacial score (nSPS) is 32.1. The van der Waals surface area contributed by atoms with Crippen LogP contribution in [-0.4, -0.2) is 16.7 Å². The molecule has 0 bridgehead atoms. The van der Waals surface area contributed by atoms with E-state index in [9.17, 15) is 18.0 Å². The lowest BCUT2D eigenvalue weighted by molar-refractivity contribution is -0.138. The molecule has 2 unspecified atom stereocenters. The van der Waals surface area contributed by atoms with Gasteiger partial charge in [-0.25, -0.2) is 13.2 Å². The van der Waals surface area contributed by atoms with E-state index < -0.39 is 35.6 Å². The standard InChI is InChI=1S/C9H9F3O2/c1-9(12)4-7(11)6(10)2-5(9)3-8(13)14/h2,4-5H,3H2,1H3,(H,13,14). The maximum Gasteiger partial charge on any atom is 0.304 e. The van der Waals surface area contributed by atoms with Crippen LogP contribution >= 0.6 is 0 Å². The van der Waals surface area contributed by atoms with E-state index in [2.05, 4.69) is 0 Å². The summed E-state index contributed by atoms with van der Waals surface area (Å²) in [6.07, 6.45) is 0.573. The molecule has 0 amide bonds. The molecule has 0 fully saturated rings. The Morgan fingerprint density at radius 3 is 2.64 bits per heavy atom. The summed E-state index contributed by atoms with van der Waals surface area (Å²) in [4.78, 5) is 10.3. The third-order valence-corrected chi connectivity index (χ3v) is 2.10.